The van der Waals surface area contributed by atoms with E-state index >= 15 is 0 Å². The third-order valence-electron chi connectivity index (χ3n) is 2.19. The van der Waals surface area contributed by atoms with Crippen molar-refractivity contribution in [1.82, 2.24) is 15.0 Å². The molecule has 80 valence electrons. The molecule has 0 radical (unpaired) electrons. The number of nitrogens with zero attached hydrogens (tertiary/aromatic N) is 3. The lowest BCUT2D eigenvalue weighted by Crippen LogP contribution is -2.00. The maximum absolute atomic E-state index is 4.50. The van der Waals surface area contributed by atoms with Crippen LogP contribution < -0.4 is 0 Å². The van der Waals surface area contributed by atoms with Crippen molar-refractivity contribution in [2.75, 3.05) is 0 Å². The summed E-state index contributed by atoms with van der Waals surface area (Å²) in [5.41, 5.74) is 2.34. The Hall–Kier alpha value is -0.860. The van der Waals surface area contributed by atoms with Crippen molar-refractivity contribution in [3.8, 4) is 0 Å². The number of hydrogen-bond acceptors (Lipinski definition) is 2. The second kappa shape index (κ2) is 4.58. The van der Waals surface area contributed by atoms with Crippen molar-refractivity contribution in [1.29, 1.82) is 0 Å². The molecule has 3 heteroatoms. The molecule has 3 nitrogen and oxygen atoms in total. The number of aryl methyl sites for hydroxylation is 1. The van der Waals surface area contributed by atoms with Crippen LogP contribution in [0.2, 0.25) is 0 Å². The molecular formula is C11H21N3. The molecule has 0 fully saturated rings. The fourth-order valence-corrected chi connectivity index (χ4v) is 1.52. The van der Waals surface area contributed by atoms with E-state index in [9.17, 15) is 0 Å². The van der Waals surface area contributed by atoms with Crippen LogP contribution in [0.3, 0.4) is 0 Å². The first-order valence-corrected chi connectivity index (χ1v) is 5.48. The molecule has 0 atom stereocenters. The zero-order valence-electron chi connectivity index (χ0n) is 9.91. The highest BCUT2D eigenvalue weighted by Gasteiger charge is 2.14. The molecule has 1 rings (SSSR count). The van der Waals surface area contributed by atoms with Gasteiger partial charge in [-0.15, -0.1) is 0 Å². The minimum Gasteiger partial charge on any atom is -0.185 e. The van der Waals surface area contributed by atoms with Gasteiger partial charge in [-0.3, -0.25) is 0 Å². The van der Waals surface area contributed by atoms with Crippen molar-refractivity contribution in [3.05, 3.63) is 11.4 Å². The quantitative estimate of drug-likeness (QED) is 0.739. The zero-order chi connectivity index (χ0) is 10.7. The first-order valence-electron chi connectivity index (χ1n) is 5.48. The second-order valence-electron chi connectivity index (χ2n) is 4.47. The SMILES string of the molecule is CCn1nc(CC(C)C)c(C(C)C)n1. The van der Waals surface area contributed by atoms with Gasteiger partial charge in [0.2, 0.25) is 0 Å². The first-order chi connectivity index (χ1) is 6.54. The third-order valence-corrected chi connectivity index (χ3v) is 2.19. The smallest absolute Gasteiger partial charge is 0.0884 e. The van der Waals surface area contributed by atoms with E-state index in [0.717, 1.165) is 13.0 Å². The first kappa shape index (κ1) is 11.2. The molecule has 0 aromatic carbocycles. The average molecular weight is 195 g/mol. The van der Waals surface area contributed by atoms with E-state index in [1.54, 1.807) is 4.80 Å². The Morgan fingerprint density at radius 1 is 1.14 bits per heavy atom. The lowest BCUT2D eigenvalue weighted by Gasteiger charge is -2.04. The Kier molecular flexibility index (Phi) is 3.67. The van der Waals surface area contributed by atoms with E-state index < -0.39 is 0 Å². The minimum absolute atomic E-state index is 0.476. The van der Waals surface area contributed by atoms with Gasteiger partial charge in [0.25, 0.3) is 0 Å². The Morgan fingerprint density at radius 3 is 2.21 bits per heavy atom. The molecule has 1 heterocycles. The van der Waals surface area contributed by atoms with Crippen molar-refractivity contribution in [3.63, 3.8) is 0 Å². The van der Waals surface area contributed by atoms with Crippen LogP contribution in [0.4, 0.5) is 0 Å². The van der Waals surface area contributed by atoms with Crippen LogP contribution in [0.1, 0.15) is 51.9 Å². The predicted octanol–water partition coefficient (Wildman–Crippen LogP) is 2.62. The normalized spacial score (nSPS) is 11.6. The fourth-order valence-electron chi connectivity index (χ4n) is 1.52. The van der Waals surface area contributed by atoms with Crippen LogP contribution in [0.25, 0.3) is 0 Å². The van der Waals surface area contributed by atoms with Crippen LogP contribution in [-0.4, -0.2) is 15.0 Å². The van der Waals surface area contributed by atoms with Crippen molar-refractivity contribution in [2.24, 2.45) is 5.92 Å². The Bertz CT molecular complexity index is 287. The van der Waals surface area contributed by atoms with Crippen LogP contribution in [0, 0.1) is 5.92 Å². The van der Waals surface area contributed by atoms with Gasteiger partial charge in [0, 0.05) is 0 Å². The summed E-state index contributed by atoms with van der Waals surface area (Å²) in [5.74, 6) is 1.12. The standard InChI is InChI=1S/C11H21N3/c1-6-14-12-10(7-8(2)3)11(13-14)9(4)5/h8-9H,6-7H2,1-5H3. The Morgan fingerprint density at radius 2 is 1.79 bits per heavy atom. The van der Waals surface area contributed by atoms with E-state index in [-0.39, 0.29) is 0 Å². The summed E-state index contributed by atoms with van der Waals surface area (Å²) >= 11 is 0. The van der Waals surface area contributed by atoms with Gasteiger partial charge in [0.1, 0.15) is 0 Å². The van der Waals surface area contributed by atoms with Gasteiger partial charge in [-0.25, -0.2) is 0 Å². The molecule has 0 spiro atoms. The molecule has 0 saturated carbocycles. The van der Waals surface area contributed by atoms with E-state index in [1.807, 2.05) is 0 Å². The maximum atomic E-state index is 4.50. The summed E-state index contributed by atoms with van der Waals surface area (Å²) in [7, 11) is 0. The summed E-state index contributed by atoms with van der Waals surface area (Å²) < 4.78 is 0. The van der Waals surface area contributed by atoms with E-state index in [2.05, 4.69) is 44.8 Å². The lowest BCUT2D eigenvalue weighted by atomic mass is 10.0. The number of rotatable bonds is 4. The van der Waals surface area contributed by atoms with Crippen molar-refractivity contribution >= 4 is 0 Å². The van der Waals surface area contributed by atoms with Gasteiger partial charge < -0.3 is 0 Å². The summed E-state index contributed by atoms with van der Waals surface area (Å²) in [6, 6.07) is 0. The maximum Gasteiger partial charge on any atom is 0.0884 e. The molecule has 0 unspecified atom stereocenters. The summed E-state index contributed by atoms with van der Waals surface area (Å²) in [4.78, 5) is 1.80. The summed E-state index contributed by atoms with van der Waals surface area (Å²) in [6.07, 6.45) is 1.04. The van der Waals surface area contributed by atoms with Gasteiger partial charge in [-0.1, -0.05) is 27.7 Å². The van der Waals surface area contributed by atoms with Crippen molar-refractivity contribution < 1.29 is 0 Å². The van der Waals surface area contributed by atoms with Gasteiger partial charge in [0.15, 0.2) is 0 Å². The molecule has 0 aliphatic rings. The number of aromatic nitrogens is 3. The Labute approximate surface area is 86.5 Å². The molecule has 0 aliphatic carbocycles. The predicted molar refractivity (Wildman–Crippen MR) is 58.3 cm³/mol. The fraction of sp³-hybridized carbons (Fsp3) is 0.818. The van der Waals surface area contributed by atoms with Crippen LogP contribution in [0.5, 0.6) is 0 Å². The monoisotopic (exact) mass is 195 g/mol. The lowest BCUT2D eigenvalue weighted by molar-refractivity contribution is 0.549. The largest absolute Gasteiger partial charge is 0.185 e. The molecule has 0 N–H and O–H groups in total. The van der Waals surface area contributed by atoms with Crippen LogP contribution >= 0.6 is 0 Å². The number of hydrogen-bond donors (Lipinski definition) is 0. The minimum atomic E-state index is 0.476. The van der Waals surface area contributed by atoms with Crippen LogP contribution in [-0.2, 0) is 13.0 Å². The Balaban J connectivity index is 2.93. The van der Waals surface area contributed by atoms with Crippen molar-refractivity contribution in [2.45, 2.75) is 53.5 Å². The van der Waals surface area contributed by atoms with E-state index in [1.165, 1.54) is 11.4 Å². The molecule has 0 saturated heterocycles. The second-order valence-corrected chi connectivity index (χ2v) is 4.47. The average Bonchev–Trinajstić information content (AvgIpc) is 2.46. The van der Waals surface area contributed by atoms with Gasteiger partial charge in [0.05, 0.1) is 17.9 Å². The van der Waals surface area contributed by atoms with E-state index in [0.29, 0.717) is 11.8 Å². The molecule has 1 aromatic rings. The van der Waals surface area contributed by atoms with Crippen LogP contribution in [0.15, 0.2) is 0 Å². The van der Waals surface area contributed by atoms with Gasteiger partial charge in [-0.05, 0) is 25.2 Å². The highest BCUT2D eigenvalue weighted by molar-refractivity contribution is 5.13. The van der Waals surface area contributed by atoms with E-state index in [4.69, 9.17) is 0 Å². The van der Waals surface area contributed by atoms with Gasteiger partial charge in [-0.2, -0.15) is 15.0 Å². The molecule has 0 bridgehead atoms. The third kappa shape index (κ3) is 2.56. The van der Waals surface area contributed by atoms with Gasteiger partial charge >= 0.3 is 0 Å². The molecule has 0 aliphatic heterocycles. The molecule has 14 heavy (non-hydrogen) atoms. The zero-order valence-corrected chi connectivity index (χ0v) is 9.91. The molecule has 0 amide bonds. The molecule has 1 aromatic heterocycles. The highest BCUT2D eigenvalue weighted by Crippen LogP contribution is 2.18. The molecular weight excluding hydrogens is 174 g/mol. The summed E-state index contributed by atoms with van der Waals surface area (Å²) in [5, 5.41) is 8.98. The topological polar surface area (TPSA) is 30.7 Å². The summed E-state index contributed by atoms with van der Waals surface area (Å²) in [6.45, 7) is 11.7. The highest BCUT2D eigenvalue weighted by atomic mass is 15.5.